The second kappa shape index (κ2) is 7.01. The second-order valence-electron chi connectivity index (χ2n) is 4.05. The molecular weight excluding hydrogens is 219 g/mol. The molecule has 0 saturated carbocycles. The molecule has 1 aromatic carbocycles. The minimum Gasteiger partial charge on any atom is -0.341 e. The smallest absolute Gasteiger partial charge is 0.222 e. The van der Waals surface area contributed by atoms with E-state index < -0.39 is 0 Å². The summed E-state index contributed by atoms with van der Waals surface area (Å²) < 4.78 is 13.4. The van der Waals surface area contributed by atoms with Gasteiger partial charge in [0.05, 0.1) is 0 Å². The lowest BCUT2D eigenvalue weighted by atomic mass is 10.2. The lowest BCUT2D eigenvalue weighted by molar-refractivity contribution is -0.130. The summed E-state index contributed by atoms with van der Waals surface area (Å²) in [4.78, 5) is 13.3. The summed E-state index contributed by atoms with van der Waals surface area (Å²) in [7, 11) is 3.56. The van der Waals surface area contributed by atoms with Crippen molar-refractivity contribution in [3.05, 3.63) is 35.6 Å². The molecular formula is C13H19FN2O. The van der Waals surface area contributed by atoms with Gasteiger partial charge in [0, 0.05) is 25.6 Å². The highest BCUT2D eigenvalue weighted by Crippen LogP contribution is 2.09. The average molecular weight is 238 g/mol. The fourth-order valence-corrected chi connectivity index (χ4v) is 1.58. The number of rotatable bonds is 6. The first-order chi connectivity index (χ1) is 8.15. The Morgan fingerprint density at radius 2 is 2.12 bits per heavy atom. The maximum absolute atomic E-state index is 13.4. The number of hydrogen-bond acceptors (Lipinski definition) is 2. The van der Waals surface area contributed by atoms with Gasteiger partial charge in [0.1, 0.15) is 5.82 Å². The second-order valence-corrected chi connectivity index (χ2v) is 4.05. The van der Waals surface area contributed by atoms with Gasteiger partial charge in [-0.05, 0) is 26.1 Å². The molecule has 1 N–H and O–H groups in total. The van der Waals surface area contributed by atoms with Crippen molar-refractivity contribution < 1.29 is 9.18 Å². The molecule has 17 heavy (non-hydrogen) atoms. The molecule has 4 heteroatoms. The van der Waals surface area contributed by atoms with Crippen LogP contribution in [-0.2, 0) is 11.3 Å². The molecule has 0 spiro atoms. The molecule has 0 atom stereocenters. The number of amides is 1. The topological polar surface area (TPSA) is 32.3 Å². The minimum absolute atomic E-state index is 0.0449. The first kappa shape index (κ1) is 13.6. The van der Waals surface area contributed by atoms with Crippen molar-refractivity contribution in [2.45, 2.75) is 19.4 Å². The highest BCUT2D eigenvalue weighted by molar-refractivity contribution is 5.75. The molecule has 0 aromatic heterocycles. The van der Waals surface area contributed by atoms with E-state index in [0.29, 0.717) is 18.5 Å². The number of benzene rings is 1. The first-order valence-corrected chi connectivity index (χ1v) is 5.77. The van der Waals surface area contributed by atoms with Crippen molar-refractivity contribution in [3.63, 3.8) is 0 Å². The quantitative estimate of drug-likeness (QED) is 0.766. The highest BCUT2D eigenvalue weighted by atomic mass is 19.1. The van der Waals surface area contributed by atoms with Crippen molar-refractivity contribution in [2.24, 2.45) is 0 Å². The molecule has 0 fully saturated rings. The van der Waals surface area contributed by atoms with Crippen molar-refractivity contribution in [1.29, 1.82) is 0 Å². The SMILES string of the molecule is CNCCCC(=O)N(C)Cc1ccccc1F. The molecule has 3 nitrogen and oxygen atoms in total. The third-order valence-corrected chi connectivity index (χ3v) is 2.61. The Morgan fingerprint density at radius 1 is 1.41 bits per heavy atom. The predicted molar refractivity (Wildman–Crippen MR) is 66.0 cm³/mol. The highest BCUT2D eigenvalue weighted by Gasteiger charge is 2.10. The Kier molecular flexibility index (Phi) is 5.63. The zero-order chi connectivity index (χ0) is 12.7. The molecule has 0 bridgehead atoms. The monoisotopic (exact) mass is 238 g/mol. The van der Waals surface area contributed by atoms with Crippen molar-refractivity contribution in [2.75, 3.05) is 20.6 Å². The fourth-order valence-electron chi connectivity index (χ4n) is 1.58. The summed E-state index contributed by atoms with van der Waals surface area (Å²) >= 11 is 0. The van der Waals surface area contributed by atoms with E-state index in [-0.39, 0.29) is 11.7 Å². The van der Waals surface area contributed by atoms with E-state index in [1.54, 1.807) is 30.1 Å². The number of carbonyl (C=O) groups excluding carboxylic acids is 1. The van der Waals surface area contributed by atoms with Gasteiger partial charge in [-0.1, -0.05) is 18.2 Å². The maximum atomic E-state index is 13.4. The van der Waals surface area contributed by atoms with Gasteiger partial charge in [-0.3, -0.25) is 4.79 Å². The molecule has 0 radical (unpaired) electrons. The van der Waals surface area contributed by atoms with Crippen LogP contribution in [0.1, 0.15) is 18.4 Å². The number of carbonyl (C=O) groups is 1. The molecule has 0 saturated heterocycles. The summed E-state index contributed by atoms with van der Waals surface area (Å²) in [6.07, 6.45) is 1.29. The van der Waals surface area contributed by atoms with Gasteiger partial charge < -0.3 is 10.2 Å². The number of hydrogen-bond donors (Lipinski definition) is 1. The van der Waals surface area contributed by atoms with Gasteiger partial charge in [0.15, 0.2) is 0 Å². The van der Waals surface area contributed by atoms with Crippen LogP contribution in [-0.4, -0.2) is 31.4 Å². The molecule has 0 aliphatic heterocycles. The van der Waals surface area contributed by atoms with Gasteiger partial charge in [-0.25, -0.2) is 4.39 Å². The Labute approximate surface area is 102 Å². The summed E-state index contributed by atoms with van der Waals surface area (Å²) in [6.45, 7) is 1.14. The first-order valence-electron chi connectivity index (χ1n) is 5.77. The van der Waals surface area contributed by atoms with Crippen LogP contribution in [0.25, 0.3) is 0 Å². The number of nitrogens with zero attached hydrogens (tertiary/aromatic N) is 1. The van der Waals surface area contributed by atoms with Crippen LogP contribution in [0.2, 0.25) is 0 Å². The summed E-state index contributed by atoms with van der Waals surface area (Å²) in [5.74, 6) is -0.217. The third-order valence-electron chi connectivity index (χ3n) is 2.61. The Balaban J connectivity index is 2.46. The molecule has 0 heterocycles. The average Bonchev–Trinajstić information content (AvgIpc) is 2.32. The zero-order valence-corrected chi connectivity index (χ0v) is 10.4. The van der Waals surface area contributed by atoms with Gasteiger partial charge in [0.2, 0.25) is 5.91 Å². The fraction of sp³-hybridized carbons (Fsp3) is 0.462. The van der Waals surface area contributed by atoms with Gasteiger partial charge in [-0.15, -0.1) is 0 Å². The van der Waals surface area contributed by atoms with Gasteiger partial charge in [0.25, 0.3) is 0 Å². The summed E-state index contributed by atoms with van der Waals surface area (Å²) in [6, 6.07) is 6.53. The van der Waals surface area contributed by atoms with E-state index in [4.69, 9.17) is 0 Å². The van der Waals surface area contributed by atoms with E-state index in [9.17, 15) is 9.18 Å². The van der Waals surface area contributed by atoms with E-state index in [0.717, 1.165) is 13.0 Å². The van der Waals surface area contributed by atoms with Crippen LogP contribution >= 0.6 is 0 Å². The molecule has 0 aliphatic carbocycles. The molecule has 1 amide bonds. The molecule has 0 unspecified atom stereocenters. The van der Waals surface area contributed by atoms with Crippen LogP contribution in [0.4, 0.5) is 4.39 Å². The number of nitrogens with one attached hydrogen (secondary N) is 1. The normalized spacial score (nSPS) is 10.3. The lowest BCUT2D eigenvalue weighted by Gasteiger charge is -2.17. The maximum Gasteiger partial charge on any atom is 0.222 e. The van der Waals surface area contributed by atoms with Crippen LogP contribution in [0, 0.1) is 5.82 Å². The molecule has 94 valence electrons. The Hall–Kier alpha value is -1.42. The largest absolute Gasteiger partial charge is 0.341 e. The molecule has 1 aromatic rings. The van der Waals surface area contributed by atoms with E-state index in [2.05, 4.69) is 5.32 Å². The van der Waals surface area contributed by atoms with Crippen LogP contribution in [0.15, 0.2) is 24.3 Å². The third kappa shape index (κ3) is 4.53. The lowest BCUT2D eigenvalue weighted by Crippen LogP contribution is -2.27. The Morgan fingerprint density at radius 3 is 2.76 bits per heavy atom. The van der Waals surface area contributed by atoms with Gasteiger partial charge >= 0.3 is 0 Å². The van der Waals surface area contributed by atoms with E-state index >= 15 is 0 Å². The molecule has 1 rings (SSSR count). The van der Waals surface area contributed by atoms with Crippen LogP contribution in [0.5, 0.6) is 0 Å². The van der Waals surface area contributed by atoms with Crippen LogP contribution < -0.4 is 5.32 Å². The van der Waals surface area contributed by atoms with Crippen molar-refractivity contribution in [3.8, 4) is 0 Å². The standard InChI is InChI=1S/C13H19FN2O/c1-15-9-5-8-13(17)16(2)10-11-6-3-4-7-12(11)14/h3-4,6-7,15H,5,8-10H2,1-2H3. The Bertz CT molecular complexity index is 368. The summed E-state index contributed by atoms with van der Waals surface area (Å²) in [5.41, 5.74) is 0.553. The predicted octanol–water partition coefficient (Wildman–Crippen LogP) is 1.78. The van der Waals surface area contributed by atoms with E-state index in [1.807, 2.05) is 7.05 Å². The molecule has 0 aliphatic rings. The zero-order valence-electron chi connectivity index (χ0n) is 10.4. The van der Waals surface area contributed by atoms with E-state index in [1.165, 1.54) is 6.07 Å². The van der Waals surface area contributed by atoms with Crippen molar-refractivity contribution in [1.82, 2.24) is 10.2 Å². The van der Waals surface area contributed by atoms with Crippen LogP contribution in [0.3, 0.4) is 0 Å². The summed E-state index contributed by atoms with van der Waals surface area (Å²) in [5, 5.41) is 2.99. The van der Waals surface area contributed by atoms with Crippen molar-refractivity contribution >= 4 is 5.91 Å². The van der Waals surface area contributed by atoms with Gasteiger partial charge in [-0.2, -0.15) is 0 Å². The minimum atomic E-state index is -0.262. The number of halogens is 1.